The van der Waals surface area contributed by atoms with E-state index >= 15 is 0 Å². The van der Waals surface area contributed by atoms with Crippen LogP contribution in [0.4, 0.5) is 0 Å². The van der Waals surface area contributed by atoms with Gasteiger partial charge in [-0.05, 0) is 19.1 Å². The fraction of sp³-hybridized carbons (Fsp3) is 0.100. The van der Waals surface area contributed by atoms with Crippen LogP contribution >= 0.6 is 11.6 Å². The van der Waals surface area contributed by atoms with Crippen LogP contribution in [0.5, 0.6) is 0 Å². The van der Waals surface area contributed by atoms with Gasteiger partial charge in [-0.1, -0.05) is 30.8 Å². The number of hydrogen-bond acceptors (Lipinski definition) is 1. The highest BCUT2D eigenvalue weighted by molar-refractivity contribution is 6.32. The molecule has 1 rings (SSSR count). The van der Waals surface area contributed by atoms with Crippen LogP contribution in [-0.4, -0.2) is 4.98 Å². The van der Waals surface area contributed by atoms with Gasteiger partial charge in [-0.2, -0.15) is 0 Å². The van der Waals surface area contributed by atoms with Crippen LogP contribution in [-0.2, 0) is 0 Å². The minimum atomic E-state index is 0.674. The maximum atomic E-state index is 5.95. The van der Waals surface area contributed by atoms with E-state index in [-0.39, 0.29) is 0 Å². The summed E-state index contributed by atoms with van der Waals surface area (Å²) in [5.74, 6) is 0. The monoisotopic (exact) mass is 179 g/mol. The van der Waals surface area contributed by atoms with E-state index < -0.39 is 0 Å². The molecular weight excluding hydrogens is 170 g/mol. The molecule has 0 bridgehead atoms. The van der Waals surface area contributed by atoms with Crippen molar-refractivity contribution in [2.24, 2.45) is 0 Å². The first kappa shape index (κ1) is 9.01. The second-order valence-corrected chi connectivity index (χ2v) is 2.86. The summed E-state index contributed by atoms with van der Waals surface area (Å²) in [6.07, 6.45) is 3.36. The van der Waals surface area contributed by atoms with Gasteiger partial charge in [0, 0.05) is 11.3 Å². The van der Waals surface area contributed by atoms with Crippen LogP contribution in [0.25, 0.3) is 12.2 Å². The quantitative estimate of drug-likeness (QED) is 0.679. The van der Waals surface area contributed by atoms with Gasteiger partial charge in [-0.25, -0.2) is 0 Å². The summed E-state index contributed by atoms with van der Waals surface area (Å²) in [7, 11) is 0. The van der Waals surface area contributed by atoms with Gasteiger partial charge in [0.05, 0.1) is 10.7 Å². The summed E-state index contributed by atoms with van der Waals surface area (Å²) < 4.78 is 0. The van der Waals surface area contributed by atoms with Crippen molar-refractivity contribution >= 4 is 23.8 Å². The number of hydrogen-bond donors (Lipinski definition) is 0. The summed E-state index contributed by atoms with van der Waals surface area (Å²) >= 11 is 5.95. The normalized spacial score (nSPS) is 9.50. The molecule has 0 aliphatic heterocycles. The molecular formula is C10H10ClN. The van der Waals surface area contributed by atoms with Crippen molar-refractivity contribution in [3.05, 3.63) is 41.2 Å². The van der Waals surface area contributed by atoms with Crippen molar-refractivity contribution in [3.8, 4) is 0 Å². The Morgan fingerprint density at radius 3 is 2.58 bits per heavy atom. The number of rotatable bonds is 2. The van der Waals surface area contributed by atoms with Crippen LogP contribution in [0.1, 0.15) is 17.0 Å². The van der Waals surface area contributed by atoms with E-state index in [4.69, 9.17) is 11.6 Å². The second kappa shape index (κ2) is 3.55. The molecule has 1 heterocycles. The molecule has 0 amide bonds. The molecule has 0 aliphatic carbocycles. The summed E-state index contributed by atoms with van der Waals surface area (Å²) in [5.41, 5.74) is 2.52. The van der Waals surface area contributed by atoms with Crippen LogP contribution in [0.2, 0.25) is 5.02 Å². The molecule has 62 valence electrons. The summed E-state index contributed by atoms with van der Waals surface area (Å²) in [6, 6.07) is 1.81. The zero-order valence-corrected chi connectivity index (χ0v) is 7.73. The molecule has 1 aromatic heterocycles. The second-order valence-electron chi connectivity index (χ2n) is 2.45. The lowest BCUT2D eigenvalue weighted by atomic mass is 10.1. The van der Waals surface area contributed by atoms with Gasteiger partial charge < -0.3 is 0 Å². The minimum Gasteiger partial charge on any atom is -0.253 e. The summed E-state index contributed by atoms with van der Waals surface area (Å²) in [4.78, 5) is 4.25. The Morgan fingerprint density at radius 2 is 2.08 bits per heavy atom. The third-order valence-electron chi connectivity index (χ3n) is 1.56. The summed E-state index contributed by atoms with van der Waals surface area (Å²) in [5, 5.41) is 0.674. The van der Waals surface area contributed by atoms with Gasteiger partial charge in [-0.3, -0.25) is 4.98 Å². The number of pyridine rings is 1. The molecule has 0 atom stereocenters. The minimum absolute atomic E-state index is 0.674. The average molecular weight is 180 g/mol. The van der Waals surface area contributed by atoms with Crippen molar-refractivity contribution in [3.63, 3.8) is 0 Å². The van der Waals surface area contributed by atoms with Gasteiger partial charge in [0.1, 0.15) is 0 Å². The summed E-state index contributed by atoms with van der Waals surface area (Å²) in [6.45, 7) is 9.21. The highest BCUT2D eigenvalue weighted by atomic mass is 35.5. The first-order valence-electron chi connectivity index (χ1n) is 3.61. The molecule has 1 nitrogen and oxygen atoms in total. The van der Waals surface area contributed by atoms with Crippen molar-refractivity contribution in [1.29, 1.82) is 0 Å². The van der Waals surface area contributed by atoms with E-state index in [0.29, 0.717) is 5.02 Å². The molecule has 0 fully saturated rings. The number of nitrogens with zero attached hydrogens (tertiary/aromatic N) is 1. The first-order chi connectivity index (χ1) is 5.69. The molecule has 0 saturated carbocycles. The van der Waals surface area contributed by atoms with E-state index in [1.165, 1.54) is 0 Å². The molecule has 1 aromatic rings. The van der Waals surface area contributed by atoms with E-state index in [0.717, 1.165) is 17.0 Å². The van der Waals surface area contributed by atoms with E-state index in [1.54, 1.807) is 12.2 Å². The maximum absolute atomic E-state index is 5.95. The van der Waals surface area contributed by atoms with E-state index in [1.807, 2.05) is 13.0 Å². The maximum Gasteiger partial charge on any atom is 0.0714 e. The molecule has 0 unspecified atom stereocenters. The lowest BCUT2D eigenvalue weighted by Gasteiger charge is -2.03. The number of halogens is 1. The van der Waals surface area contributed by atoms with Crippen LogP contribution < -0.4 is 0 Å². The zero-order chi connectivity index (χ0) is 9.14. The lowest BCUT2D eigenvalue weighted by molar-refractivity contribution is 1.17. The van der Waals surface area contributed by atoms with Crippen LogP contribution in [0.3, 0.4) is 0 Å². The molecule has 0 saturated heterocycles. The van der Waals surface area contributed by atoms with Crippen molar-refractivity contribution in [2.45, 2.75) is 6.92 Å². The Morgan fingerprint density at radius 1 is 1.42 bits per heavy atom. The molecule has 12 heavy (non-hydrogen) atoms. The van der Waals surface area contributed by atoms with E-state index in [9.17, 15) is 0 Å². The Kier molecular flexibility index (Phi) is 2.66. The molecule has 0 radical (unpaired) electrons. The van der Waals surface area contributed by atoms with Crippen LogP contribution in [0.15, 0.2) is 19.2 Å². The van der Waals surface area contributed by atoms with E-state index in [2.05, 4.69) is 18.1 Å². The van der Waals surface area contributed by atoms with Crippen molar-refractivity contribution in [1.82, 2.24) is 4.98 Å². The lowest BCUT2D eigenvalue weighted by Crippen LogP contribution is -1.90. The Hall–Kier alpha value is -1.08. The smallest absolute Gasteiger partial charge is 0.0714 e. The molecule has 0 aromatic carbocycles. The molecule has 0 spiro atoms. The first-order valence-corrected chi connectivity index (χ1v) is 3.99. The molecule has 0 aliphatic rings. The van der Waals surface area contributed by atoms with Crippen molar-refractivity contribution < 1.29 is 0 Å². The third kappa shape index (κ3) is 1.56. The number of aromatic nitrogens is 1. The molecule has 0 N–H and O–H groups in total. The van der Waals surface area contributed by atoms with Crippen molar-refractivity contribution in [2.75, 3.05) is 0 Å². The Balaban J connectivity index is 3.43. The highest BCUT2D eigenvalue weighted by Gasteiger charge is 2.03. The topological polar surface area (TPSA) is 12.9 Å². The van der Waals surface area contributed by atoms with Gasteiger partial charge >= 0.3 is 0 Å². The fourth-order valence-electron chi connectivity index (χ4n) is 1.02. The average Bonchev–Trinajstić information content (AvgIpc) is 2.03. The predicted octanol–water partition coefficient (Wildman–Crippen LogP) is 3.33. The van der Waals surface area contributed by atoms with Gasteiger partial charge in [-0.15, -0.1) is 0 Å². The standard InChI is InChI=1S/C10H10ClN/c1-4-8-9(11)6-7(3)12-10(8)5-2/h4-6H,1-2H2,3H3. The fourth-order valence-corrected chi connectivity index (χ4v) is 1.36. The van der Waals surface area contributed by atoms with Crippen LogP contribution in [0, 0.1) is 6.92 Å². The largest absolute Gasteiger partial charge is 0.253 e. The zero-order valence-electron chi connectivity index (χ0n) is 6.97. The predicted molar refractivity (Wildman–Crippen MR) is 54.2 cm³/mol. The molecule has 2 heteroatoms. The Bertz CT molecular complexity index is 329. The number of aryl methyl sites for hydroxylation is 1. The van der Waals surface area contributed by atoms with Gasteiger partial charge in [0.25, 0.3) is 0 Å². The Labute approximate surface area is 77.4 Å². The highest BCUT2D eigenvalue weighted by Crippen LogP contribution is 2.21. The van der Waals surface area contributed by atoms with Gasteiger partial charge in [0.2, 0.25) is 0 Å². The third-order valence-corrected chi connectivity index (χ3v) is 1.88. The SMILES string of the molecule is C=Cc1nc(C)cc(Cl)c1C=C. The van der Waals surface area contributed by atoms with Gasteiger partial charge in [0.15, 0.2) is 0 Å².